The summed E-state index contributed by atoms with van der Waals surface area (Å²) in [5.41, 5.74) is 2.48. The van der Waals surface area contributed by atoms with Crippen molar-refractivity contribution in [2.24, 2.45) is 5.92 Å². The lowest BCUT2D eigenvalue weighted by molar-refractivity contribution is 0.0523. The van der Waals surface area contributed by atoms with Gasteiger partial charge in [-0.05, 0) is 50.8 Å². The number of carbonyl (C=O) groups is 1. The molecule has 2 atom stereocenters. The molecule has 0 spiro atoms. The highest BCUT2D eigenvalue weighted by Crippen LogP contribution is 2.56. The van der Waals surface area contributed by atoms with Crippen molar-refractivity contribution < 1.29 is 9.53 Å². The zero-order chi connectivity index (χ0) is 15.1. The molecule has 0 radical (unpaired) electrons. The average molecular weight is 288 g/mol. The molecule has 2 unspecified atom stereocenters. The Morgan fingerprint density at radius 1 is 1.38 bits per heavy atom. The van der Waals surface area contributed by atoms with Crippen molar-refractivity contribution in [1.29, 1.82) is 0 Å². The topological polar surface area (TPSA) is 50.4 Å². The maximum atomic E-state index is 11.6. The predicted octanol–water partition coefficient (Wildman–Crippen LogP) is 2.57. The highest BCUT2D eigenvalue weighted by molar-refractivity contribution is 5.67. The van der Waals surface area contributed by atoms with E-state index in [1.165, 1.54) is 12.0 Å². The molecule has 3 rings (SSSR count). The molecule has 4 heteroatoms. The van der Waals surface area contributed by atoms with Crippen molar-refractivity contribution in [3.8, 4) is 0 Å². The lowest BCUT2D eigenvalue weighted by Gasteiger charge is -2.19. The Kier molecular flexibility index (Phi) is 3.44. The number of carbonyl (C=O) groups excluding carboxylic acids is 1. The summed E-state index contributed by atoms with van der Waals surface area (Å²) in [5, 5.41) is 6.25. The van der Waals surface area contributed by atoms with Crippen molar-refractivity contribution in [2.45, 2.75) is 44.8 Å². The molecule has 2 aliphatic rings. The summed E-state index contributed by atoms with van der Waals surface area (Å²) in [6.07, 6.45) is 0.947. The zero-order valence-electron chi connectivity index (χ0n) is 13.0. The van der Waals surface area contributed by atoms with Crippen LogP contribution < -0.4 is 10.6 Å². The van der Waals surface area contributed by atoms with Crippen LogP contribution in [0.15, 0.2) is 24.3 Å². The second-order valence-corrected chi connectivity index (χ2v) is 7.24. The fourth-order valence-electron chi connectivity index (χ4n) is 3.23. The Balaban J connectivity index is 1.55. The van der Waals surface area contributed by atoms with Gasteiger partial charge in [0.1, 0.15) is 5.60 Å². The van der Waals surface area contributed by atoms with Gasteiger partial charge in [-0.1, -0.05) is 24.3 Å². The molecule has 114 valence electrons. The van der Waals surface area contributed by atoms with E-state index in [-0.39, 0.29) is 6.09 Å². The van der Waals surface area contributed by atoms with Gasteiger partial charge in [0.2, 0.25) is 0 Å². The first kappa shape index (κ1) is 14.4. The van der Waals surface area contributed by atoms with Crippen molar-refractivity contribution >= 4 is 6.09 Å². The normalized spacial score (nSPS) is 27.1. The minimum Gasteiger partial charge on any atom is -0.444 e. The largest absolute Gasteiger partial charge is 0.444 e. The molecule has 1 heterocycles. The van der Waals surface area contributed by atoms with Crippen molar-refractivity contribution in [3.05, 3.63) is 35.4 Å². The van der Waals surface area contributed by atoms with Gasteiger partial charge in [-0.25, -0.2) is 4.79 Å². The first-order valence-electron chi connectivity index (χ1n) is 7.66. The van der Waals surface area contributed by atoms with Gasteiger partial charge in [0, 0.05) is 18.5 Å². The highest BCUT2D eigenvalue weighted by atomic mass is 16.6. The maximum Gasteiger partial charge on any atom is 0.407 e. The third-order valence-electron chi connectivity index (χ3n) is 4.43. The third-order valence-corrected chi connectivity index (χ3v) is 4.43. The molecule has 1 saturated carbocycles. The van der Waals surface area contributed by atoms with E-state index in [1.807, 2.05) is 20.8 Å². The summed E-state index contributed by atoms with van der Waals surface area (Å²) in [6, 6.07) is 8.63. The monoisotopic (exact) mass is 288 g/mol. The van der Waals surface area contributed by atoms with Gasteiger partial charge < -0.3 is 15.4 Å². The van der Waals surface area contributed by atoms with Gasteiger partial charge in [-0.15, -0.1) is 0 Å². The van der Waals surface area contributed by atoms with Crippen LogP contribution in [0.1, 0.15) is 38.3 Å². The van der Waals surface area contributed by atoms with Gasteiger partial charge in [0.05, 0.1) is 0 Å². The van der Waals surface area contributed by atoms with E-state index in [0.29, 0.717) is 12.0 Å². The minimum atomic E-state index is -0.455. The molecule has 0 bridgehead atoms. The Morgan fingerprint density at radius 2 is 2.10 bits per heavy atom. The number of hydrogen-bond acceptors (Lipinski definition) is 3. The van der Waals surface area contributed by atoms with E-state index in [0.717, 1.165) is 24.6 Å². The van der Waals surface area contributed by atoms with Crippen LogP contribution >= 0.6 is 0 Å². The molecule has 2 fully saturated rings. The summed E-state index contributed by atoms with van der Waals surface area (Å²) in [4.78, 5) is 11.6. The lowest BCUT2D eigenvalue weighted by atomic mass is 9.94. The van der Waals surface area contributed by atoms with Gasteiger partial charge in [0.15, 0.2) is 0 Å². The van der Waals surface area contributed by atoms with Gasteiger partial charge in [0.25, 0.3) is 0 Å². The Labute approximate surface area is 126 Å². The second kappa shape index (κ2) is 5.02. The van der Waals surface area contributed by atoms with Crippen LogP contribution in [0.25, 0.3) is 0 Å². The number of fused-ring (bicyclic) bond motifs is 1. The average Bonchev–Trinajstić information content (AvgIpc) is 2.97. The van der Waals surface area contributed by atoms with Crippen LogP contribution in [0.4, 0.5) is 4.79 Å². The number of hydrogen-bond donors (Lipinski definition) is 2. The Hall–Kier alpha value is -1.55. The summed E-state index contributed by atoms with van der Waals surface area (Å²) in [5.74, 6) is 0.822. The SMILES string of the molecule is CC(C)(C)OC(=O)NCc1ccc(C23CNCC2C3)cc1. The van der Waals surface area contributed by atoms with Gasteiger partial charge >= 0.3 is 6.09 Å². The quantitative estimate of drug-likeness (QED) is 0.899. The smallest absolute Gasteiger partial charge is 0.407 e. The molecule has 4 nitrogen and oxygen atoms in total. The molecule has 1 aromatic rings. The fourth-order valence-corrected chi connectivity index (χ4v) is 3.23. The highest BCUT2D eigenvalue weighted by Gasteiger charge is 2.57. The van der Waals surface area contributed by atoms with E-state index >= 15 is 0 Å². The molecule has 1 amide bonds. The van der Waals surface area contributed by atoms with Crippen molar-refractivity contribution in [1.82, 2.24) is 10.6 Å². The van der Waals surface area contributed by atoms with E-state index in [4.69, 9.17) is 4.74 Å². The first-order chi connectivity index (χ1) is 9.89. The Morgan fingerprint density at radius 3 is 2.62 bits per heavy atom. The second-order valence-electron chi connectivity index (χ2n) is 7.24. The summed E-state index contributed by atoms with van der Waals surface area (Å²) < 4.78 is 5.23. The van der Waals surface area contributed by atoms with Gasteiger partial charge in [-0.3, -0.25) is 0 Å². The van der Waals surface area contributed by atoms with Crippen LogP contribution in [0.2, 0.25) is 0 Å². The van der Waals surface area contributed by atoms with Crippen LogP contribution in [0.5, 0.6) is 0 Å². The van der Waals surface area contributed by atoms with Crippen LogP contribution in [-0.4, -0.2) is 24.8 Å². The minimum absolute atomic E-state index is 0.368. The molecular formula is C17H24N2O2. The fraction of sp³-hybridized carbons (Fsp3) is 0.588. The number of piperidine rings is 1. The standard InChI is InChI=1S/C17H24N2O2/c1-16(2,3)21-15(20)19-9-12-4-6-13(7-5-12)17-8-14(17)10-18-11-17/h4-7,14,18H,8-11H2,1-3H3,(H,19,20). The third kappa shape index (κ3) is 3.05. The predicted molar refractivity (Wildman–Crippen MR) is 82.2 cm³/mol. The molecule has 21 heavy (non-hydrogen) atoms. The summed E-state index contributed by atoms with van der Waals surface area (Å²) in [7, 11) is 0. The zero-order valence-corrected chi connectivity index (χ0v) is 13.0. The number of rotatable bonds is 3. The van der Waals surface area contributed by atoms with Crippen LogP contribution in [0.3, 0.4) is 0 Å². The number of ether oxygens (including phenoxy) is 1. The van der Waals surface area contributed by atoms with E-state index in [2.05, 4.69) is 34.9 Å². The number of nitrogens with one attached hydrogen (secondary N) is 2. The molecule has 1 aliphatic heterocycles. The van der Waals surface area contributed by atoms with Crippen molar-refractivity contribution in [2.75, 3.05) is 13.1 Å². The van der Waals surface area contributed by atoms with E-state index < -0.39 is 5.60 Å². The molecule has 1 aromatic carbocycles. The van der Waals surface area contributed by atoms with Gasteiger partial charge in [-0.2, -0.15) is 0 Å². The van der Waals surface area contributed by atoms with Crippen LogP contribution in [0, 0.1) is 5.92 Å². The first-order valence-corrected chi connectivity index (χ1v) is 7.66. The summed E-state index contributed by atoms with van der Waals surface area (Å²) >= 11 is 0. The number of amides is 1. The molecule has 2 N–H and O–H groups in total. The summed E-state index contributed by atoms with van der Waals surface area (Å²) in [6.45, 7) is 8.35. The molecule has 1 aliphatic carbocycles. The Bertz CT molecular complexity index is 533. The molecule has 0 aromatic heterocycles. The lowest BCUT2D eigenvalue weighted by Crippen LogP contribution is -2.32. The molecular weight excluding hydrogens is 264 g/mol. The van der Waals surface area contributed by atoms with Crippen LogP contribution in [-0.2, 0) is 16.7 Å². The van der Waals surface area contributed by atoms with Crippen molar-refractivity contribution in [3.63, 3.8) is 0 Å². The van der Waals surface area contributed by atoms with E-state index in [9.17, 15) is 4.79 Å². The maximum absolute atomic E-state index is 11.6. The number of benzene rings is 1. The molecule has 1 saturated heterocycles. The number of alkyl carbamates (subject to hydrolysis) is 1. The van der Waals surface area contributed by atoms with E-state index in [1.54, 1.807) is 0 Å².